The first-order valence-electron chi connectivity index (χ1n) is 31.2. The lowest BCUT2D eigenvalue weighted by molar-refractivity contribution is -0.142. The van der Waals surface area contributed by atoms with Crippen LogP contribution in [0.4, 0.5) is 0 Å². The summed E-state index contributed by atoms with van der Waals surface area (Å²) in [5.41, 5.74) is 30.9. The van der Waals surface area contributed by atoms with E-state index in [4.69, 9.17) is 28.7 Å². The van der Waals surface area contributed by atoms with Crippen LogP contribution in [0.2, 0.25) is 0 Å². The number of carbonyl (C=O) groups excluding carboxylic acids is 12. The van der Waals surface area contributed by atoms with Gasteiger partial charge < -0.3 is 96.6 Å². The van der Waals surface area contributed by atoms with Gasteiger partial charge in [-0.25, -0.2) is 4.98 Å². The number of nitrogens with zero attached hydrogens (tertiary/aromatic N) is 2. The minimum absolute atomic E-state index is 0.0545. The number of hydrogen-bond acceptors (Lipinski definition) is 18. The van der Waals surface area contributed by atoms with E-state index in [2.05, 4.69) is 57.8 Å². The number of carboxylic acids is 1. The maximum absolute atomic E-state index is 14.5. The van der Waals surface area contributed by atoms with E-state index < -0.39 is 163 Å². The highest BCUT2D eigenvalue weighted by Crippen LogP contribution is 2.21. The number of hydrogen-bond donors (Lipinski definition) is 17. The zero-order valence-corrected chi connectivity index (χ0v) is 52.5. The number of nitrogens with one attached hydrogen (secondary N) is 10. The van der Waals surface area contributed by atoms with Crippen molar-refractivity contribution in [1.82, 2.24) is 62.7 Å². The fourth-order valence-electron chi connectivity index (χ4n) is 10.3. The first kappa shape index (κ1) is 75.5. The average molecular weight is 1320 g/mol. The molecular weight excluding hydrogens is 1230 g/mol. The monoisotopic (exact) mass is 1320 g/mol. The van der Waals surface area contributed by atoms with Gasteiger partial charge in [0.15, 0.2) is 0 Å². The molecule has 1 fully saturated rings. The summed E-state index contributed by atoms with van der Waals surface area (Å²) in [6.07, 6.45) is 2.91. The number of carboxylic acid groups (broad SMARTS) is 1. The van der Waals surface area contributed by atoms with Crippen molar-refractivity contribution in [3.63, 3.8) is 0 Å². The van der Waals surface area contributed by atoms with Gasteiger partial charge in [-0.3, -0.25) is 62.3 Å². The number of H-pyrrole nitrogens is 1. The molecule has 22 N–H and O–H groups in total. The third-order valence-corrected chi connectivity index (χ3v) is 15.4. The highest BCUT2D eigenvalue weighted by atomic mass is 16.4. The minimum Gasteiger partial charge on any atom is -0.481 e. The predicted octanol–water partition coefficient (Wildman–Crippen LogP) is -4.92. The Morgan fingerprint density at radius 3 is 1.54 bits per heavy atom. The van der Waals surface area contributed by atoms with E-state index in [1.165, 1.54) is 17.4 Å². The predicted molar refractivity (Wildman–Crippen MR) is 342 cm³/mol. The van der Waals surface area contributed by atoms with Crippen molar-refractivity contribution in [2.75, 3.05) is 32.8 Å². The maximum Gasteiger partial charge on any atom is 0.305 e. The summed E-state index contributed by atoms with van der Waals surface area (Å²) >= 11 is 0. The molecular formula is C63H87N17O15. The van der Waals surface area contributed by atoms with Gasteiger partial charge in [-0.2, -0.15) is 0 Å². The first-order valence-corrected chi connectivity index (χ1v) is 31.2. The van der Waals surface area contributed by atoms with Crippen molar-refractivity contribution in [2.24, 2.45) is 28.7 Å². The van der Waals surface area contributed by atoms with E-state index in [1.54, 1.807) is 91.0 Å². The summed E-state index contributed by atoms with van der Waals surface area (Å²) in [6.45, 7) is -1.40. The Labute approximate surface area is 547 Å². The number of aliphatic carboxylic acids is 1. The largest absolute Gasteiger partial charge is 0.481 e. The molecule has 4 aromatic rings. The molecule has 5 rings (SSSR count). The van der Waals surface area contributed by atoms with E-state index in [0.717, 1.165) is 0 Å². The van der Waals surface area contributed by atoms with Gasteiger partial charge in [-0.1, -0.05) is 97.4 Å². The molecule has 3 aromatic carbocycles. The Morgan fingerprint density at radius 2 is 1.01 bits per heavy atom. The molecule has 1 aromatic heterocycles. The maximum atomic E-state index is 14.5. The normalized spacial score (nSPS) is 15.5. The summed E-state index contributed by atoms with van der Waals surface area (Å²) in [5.74, 6) is -13.2. The lowest BCUT2D eigenvalue weighted by Gasteiger charge is -2.30. The van der Waals surface area contributed by atoms with Crippen LogP contribution in [0.1, 0.15) is 86.6 Å². The van der Waals surface area contributed by atoms with Crippen LogP contribution in [-0.2, 0) is 88.0 Å². The molecule has 0 bridgehead atoms. The van der Waals surface area contributed by atoms with Crippen molar-refractivity contribution in [1.29, 1.82) is 0 Å². The fraction of sp³-hybridized carbons (Fsp3) is 0.460. The number of rotatable bonds is 41. The van der Waals surface area contributed by atoms with Gasteiger partial charge in [0, 0.05) is 44.1 Å². The van der Waals surface area contributed by atoms with Gasteiger partial charge in [0.2, 0.25) is 70.9 Å². The third kappa shape index (κ3) is 25.7. The van der Waals surface area contributed by atoms with Crippen LogP contribution in [0.5, 0.6) is 0 Å². The molecule has 0 unspecified atom stereocenters. The Hall–Kier alpha value is -10.2. The molecule has 0 radical (unpaired) electrons. The number of benzene rings is 3. The number of primary amides is 2. The number of unbranched alkanes of at least 4 members (excludes halogenated alkanes) is 2. The number of likely N-dealkylation sites (tertiary alicyclic amines) is 1. The van der Waals surface area contributed by atoms with Crippen molar-refractivity contribution in [2.45, 2.75) is 150 Å². The second kappa shape index (κ2) is 39.4. The van der Waals surface area contributed by atoms with E-state index >= 15 is 0 Å². The first-order chi connectivity index (χ1) is 45.5. The van der Waals surface area contributed by atoms with Gasteiger partial charge in [-0.15, -0.1) is 0 Å². The Bertz CT molecular complexity index is 3220. The van der Waals surface area contributed by atoms with Crippen molar-refractivity contribution >= 4 is 76.9 Å². The number of aliphatic hydroxyl groups excluding tert-OH is 1. The molecule has 1 aliphatic rings. The highest BCUT2D eigenvalue weighted by molar-refractivity contribution is 6.00. The van der Waals surface area contributed by atoms with Gasteiger partial charge in [-0.05, 0) is 74.7 Å². The van der Waals surface area contributed by atoms with Gasteiger partial charge in [0.25, 0.3) is 0 Å². The van der Waals surface area contributed by atoms with Gasteiger partial charge in [0.05, 0.1) is 38.4 Å². The summed E-state index contributed by atoms with van der Waals surface area (Å²) in [4.78, 5) is 185. The summed E-state index contributed by atoms with van der Waals surface area (Å²) in [6, 6.07) is 10.9. The van der Waals surface area contributed by atoms with Crippen LogP contribution in [0, 0.1) is 0 Å². The highest BCUT2D eigenvalue weighted by Gasteiger charge is 2.41. The zero-order valence-electron chi connectivity index (χ0n) is 52.5. The molecule has 0 spiro atoms. The van der Waals surface area contributed by atoms with Crippen LogP contribution >= 0.6 is 0 Å². The van der Waals surface area contributed by atoms with E-state index in [1.807, 2.05) is 0 Å². The standard InChI is InChI=1S/C63H87N17O15/c64-24-12-10-21-41(66)55(87)74-45(30-40-33-69-36-71-40)58(90)75-44(28-38-17-6-2-7-18-38)56(88)70-34-52(83)72-42(22-11-13-25-65)57(89)77-47(32-53(84)85)60(92)79-49(35-81)61(93)76-46(31-51(67)82)59(91)78-48(29-39-19-8-3-9-20-39)63(95)80-26-14-23-50(80)62(94)73-43(54(68)86)27-37-15-4-1-5-16-37/h1-9,15-20,33,36,41-50,81H,10-14,21-32,34-35,64-66H2,(H2,67,82)(H2,68,86)(H,69,71)(H,70,88)(H,72,83)(H,73,94)(H,74,87)(H,75,90)(H,76,93)(H,77,89)(H,78,91)(H,79,92)(H,84,85)/t41-,42-,43-,44-,45-,46-,47-,48-,49-,50-/m0/s1. The van der Waals surface area contributed by atoms with Gasteiger partial charge >= 0.3 is 5.97 Å². The molecule has 2 heterocycles. The summed E-state index contributed by atoms with van der Waals surface area (Å²) < 4.78 is 0. The van der Waals surface area contributed by atoms with E-state index in [9.17, 15) is 72.5 Å². The molecule has 10 atom stereocenters. The SMILES string of the molecule is NCCCC[C@H](NC(=O)CNC(=O)[C@H](Cc1ccccc1)NC(=O)[C@H](Cc1cnc[nH]1)NC(=O)[C@@H](N)CCCCN)C(=O)N[C@@H](CC(=O)O)C(=O)N[C@@H](CO)C(=O)N[C@@H](CC(N)=O)C(=O)N[C@@H](Cc1ccccc1)C(=O)N1CCC[C@H]1C(=O)N[C@@H](Cc1ccccc1)C(N)=O. The number of aromatic nitrogens is 2. The molecule has 1 saturated heterocycles. The fourth-order valence-corrected chi connectivity index (χ4v) is 10.3. The molecule has 32 heteroatoms. The van der Waals surface area contributed by atoms with Crippen LogP contribution < -0.4 is 76.5 Å². The van der Waals surface area contributed by atoms with E-state index in [0.29, 0.717) is 54.6 Å². The molecule has 0 saturated carbocycles. The third-order valence-electron chi connectivity index (χ3n) is 15.4. The number of nitrogens with two attached hydrogens (primary N) is 5. The van der Waals surface area contributed by atoms with Crippen LogP contribution in [0.25, 0.3) is 0 Å². The summed E-state index contributed by atoms with van der Waals surface area (Å²) in [5, 5.41) is 42.4. The van der Waals surface area contributed by atoms with E-state index in [-0.39, 0.29) is 64.5 Å². The number of imidazole rings is 1. The number of aliphatic hydroxyl groups is 1. The quantitative estimate of drug-likeness (QED) is 0.0185. The van der Waals surface area contributed by atoms with Crippen LogP contribution in [-0.4, -0.2) is 195 Å². The zero-order chi connectivity index (χ0) is 69.4. The Kier molecular flexibility index (Phi) is 31.3. The molecule has 1 aliphatic heterocycles. The Balaban J connectivity index is 1.27. The van der Waals surface area contributed by atoms with Crippen molar-refractivity contribution in [3.05, 3.63) is 126 Å². The summed E-state index contributed by atoms with van der Waals surface area (Å²) in [7, 11) is 0. The lowest BCUT2D eigenvalue weighted by atomic mass is 10.0. The number of carbonyl (C=O) groups is 13. The average Bonchev–Trinajstić information content (AvgIpc) is 1.79. The molecule has 0 aliphatic carbocycles. The second-order valence-electron chi connectivity index (χ2n) is 22.8. The van der Waals surface area contributed by atoms with Crippen LogP contribution in [0.15, 0.2) is 104 Å². The van der Waals surface area contributed by atoms with Crippen LogP contribution in [0.3, 0.4) is 0 Å². The van der Waals surface area contributed by atoms with Crippen molar-refractivity contribution in [3.8, 4) is 0 Å². The smallest absolute Gasteiger partial charge is 0.305 e. The number of amides is 12. The Morgan fingerprint density at radius 1 is 0.537 bits per heavy atom. The molecule has 514 valence electrons. The second-order valence-corrected chi connectivity index (χ2v) is 22.8. The topological polar surface area (TPSA) is 533 Å². The molecule has 32 nitrogen and oxygen atoms in total. The van der Waals surface area contributed by atoms with Crippen molar-refractivity contribution < 1.29 is 72.5 Å². The van der Waals surface area contributed by atoms with Gasteiger partial charge in [0.1, 0.15) is 54.4 Å². The number of aromatic amines is 1. The molecule has 12 amide bonds. The lowest BCUT2D eigenvalue weighted by Crippen LogP contribution is -2.61. The minimum atomic E-state index is -2.01. The molecule has 95 heavy (non-hydrogen) atoms.